The highest BCUT2D eigenvalue weighted by molar-refractivity contribution is 7.07. The van der Waals surface area contributed by atoms with Gasteiger partial charge in [-0.3, -0.25) is 4.79 Å². The first-order chi connectivity index (χ1) is 9.72. The summed E-state index contributed by atoms with van der Waals surface area (Å²) in [5.41, 5.74) is 2.09. The van der Waals surface area contributed by atoms with Crippen LogP contribution in [-0.4, -0.2) is 33.9 Å². The second-order valence-electron chi connectivity index (χ2n) is 5.19. The number of hydrogen-bond donors (Lipinski definition) is 0. The van der Waals surface area contributed by atoms with E-state index in [4.69, 9.17) is 0 Å². The quantitative estimate of drug-likeness (QED) is 0.871. The fourth-order valence-electron chi connectivity index (χ4n) is 2.54. The van der Waals surface area contributed by atoms with Crippen molar-refractivity contribution in [1.29, 1.82) is 0 Å². The predicted molar refractivity (Wildman–Crippen MR) is 78.7 cm³/mol. The number of carbonyl (C=O) groups is 1. The Balaban J connectivity index is 1.63. The molecule has 0 saturated carbocycles. The van der Waals surface area contributed by atoms with Crippen LogP contribution in [0.5, 0.6) is 0 Å². The molecule has 0 aliphatic carbocycles. The third-order valence-electron chi connectivity index (χ3n) is 3.66. The predicted octanol–water partition coefficient (Wildman–Crippen LogP) is 2.41. The van der Waals surface area contributed by atoms with Crippen molar-refractivity contribution in [1.82, 2.24) is 14.9 Å². The highest BCUT2D eigenvalue weighted by Crippen LogP contribution is 2.25. The lowest BCUT2D eigenvalue weighted by molar-refractivity contribution is -0.129. The van der Waals surface area contributed by atoms with Crippen LogP contribution in [-0.2, 0) is 11.2 Å². The van der Waals surface area contributed by atoms with E-state index in [0.29, 0.717) is 6.42 Å². The fraction of sp³-hybridized carbons (Fsp3) is 0.400. The Kier molecular flexibility index (Phi) is 3.78. The van der Waals surface area contributed by atoms with Crippen molar-refractivity contribution < 1.29 is 4.79 Å². The van der Waals surface area contributed by atoms with E-state index in [-0.39, 0.29) is 11.8 Å². The van der Waals surface area contributed by atoms with E-state index >= 15 is 0 Å². The van der Waals surface area contributed by atoms with E-state index in [1.54, 1.807) is 17.5 Å². The number of hydrogen-bond acceptors (Lipinski definition) is 4. The van der Waals surface area contributed by atoms with Crippen LogP contribution < -0.4 is 0 Å². The molecule has 20 heavy (non-hydrogen) atoms. The first-order valence-corrected chi connectivity index (χ1v) is 7.75. The molecule has 3 rings (SSSR count). The maximum atomic E-state index is 12.2. The number of aromatic nitrogens is 2. The molecule has 104 valence electrons. The topological polar surface area (TPSA) is 46.1 Å². The summed E-state index contributed by atoms with van der Waals surface area (Å²) in [6, 6.07) is 3.91. The van der Waals surface area contributed by atoms with Crippen LogP contribution in [0.3, 0.4) is 0 Å². The number of rotatable bonds is 3. The zero-order valence-corrected chi connectivity index (χ0v) is 12.3. The molecule has 0 spiro atoms. The molecule has 1 aliphatic rings. The second-order valence-corrected chi connectivity index (χ2v) is 5.97. The van der Waals surface area contributed by atoms with Gasteiger partial charge in [0.15, 0.2) is 0 Å². The lowest BCUT2D eigenvalue weighted by Crippen LogP contribution is -2.29. The van der Waals surface area contributed by atoms with Gasteiger partial charge in [-0.05, 0) is 41.8 Å². The molecule has 1 fully saturated rings. The van der Waals surface area contributed by atoms with Gasteiger partial charge in [-0.1, -0.05) is 0 Å². The van der Waals surface area contributed by atoms with Crippen molar-refractivity contribution in [2.24, 2.45) is 0 Å². The van der Waals surface area contributed by atoms with Gasteiger partial charge >= 0.3 is 0 Å². The standard InChI is InChI=1S/C15H17N3OS/c1-11-2-5-16-15(17-11)13-3-6-18(9-13)14(19)8-12-4-7-20-10-12/h2,4-5,7,10,13H,3,6,8-9H2,1H3. The maximum absolute atomic E-state index is 12.2. The van der Waals surface area contributed by atoms with Gasteiger partial charge in [0.1, 0.15) is 5.82 Å². The highest BCUT2D eigenvalue weighted by atomic mass is 32.1. The zero-order chi connectivity index (χ0) is 13.9. The van der Waals surface area contributed by atoms with Gasteiger partial charge in [0.2, 0.25) is 5.91 Å². The lowest BCUT2D eigenvalue weighted by Gasteiger charge is -2.16. The van der Waals surface area contributed by atoms with Crippen molar-refractivity contribution in [2.45, 2.75) is 25.7 Å². The molecule has 4 nitrogen and oxygen atoms in total. The van der Waals surface area contributed by atoms with Gasteiger partial charge in [-0.2, -0.15) is 11.3 Å². The van der Waals surface area contributed by atoms with Crippen LogP contribution in [0.2, 0.25) is 0 Å². The summed E-state index contributed by atoms with van der Waals surface area (Å²) in [6.45, 7) is 3.52. The maximum Gasteiger partial charge on any atom is 0.227 e. The van der Waals surface area contributed by atoms with Crippen molar-refractivity contribution in [3.8, 4) is 0 Å². The average Bonchev–Trinajstić information content (AvgIpc) is 3.09. The Morgan fingerprint density at radius 2 is 2.40 bits per heavy atom. The van der Waals surface area contributed by atoms with E-state index in [1.165, 1.54) is 0 Å². The Morgan fingerprint density at radius 1 is 1.50 bits per heavy atom. The molecule has 0 aromatic carbocycles. The van der Waals surface area contributed by atoms with E-state index < -0.39 is 0 Å². The number of nitrogens with zero attached hydrogens (tertiary/aromatic N) is 3. The van der Waals surface area contributed by atoms with Crippen LogP contribution in [0.25, 0.3) is 0 Å². The molecule has 0 N–H and O–H groups in total. The van der Waals surface area contributed by atoms with Crippen LogP contribution >= 0.6 is 11.3 Å². The largest absolute Gasteiger partial charge is 0.342 e. The van der Waals surface area contributed by atoms with Gasteiger partial charge in [0.05, 0.1) is 6.42 Å². The van der Waals surface area contributed by atoms with Crippen molar-refractivity contribution in [2.75, 3.05) is 13.1 Å². The molecule has 1 atom stereocenters. The molecule has 2 aromatic rings. The van der Waals surface area contributed by atoms with E-state index in [0.717, 1.165) is 36.6 Å². The van der Waals surface area contributed by atoms with E-state index in [1.807, 2.05) is 34.7 Å². The van der Waals surface area contributed by atoms with Gasteiger partial charge in [0.25, 0.3) is 0 Å². The summed E-state index contributed by atoms with van der Waals surface area (Å²) in [4.78, 5) is 23.0. The SMILES string of the molecule is Cc1ccnc(C2CCN(C(=O)Cc3ccsc3)C2)n1. The van der Waals surface area contributed by atoms with E-state index in [2.05, 4.69) is 9.97 Å². The molecule has 5 heteroatoms. The molecule has 3 heterocycles. The second kappa shape index (κ2) is 5.71. The molecule has 2 aromatic heterocycles. The summed E-state index contributed by atoms with van der Waals surface area (Å²) >= 11 is 1.63. The number of aryl methyl sites for hydroxylation is 1. The Hall–Kier alpha value is -1.75. The number of carbonyl (C=O) groups excluding carboxylic acids is 1. The van der Waals surface area contributed by atoms with Crippen LogP contribution in [0, 0.1) is 6.92 Å². The zero-order valence-electron chi connectivity index (χ0n) is 11.5. The first kappa shape index (κ1) is 13.2. The fourth-order valence-corrected chi connectivity index (χ4v) is 3.21. The normalized spacial score (nSPS) is 18.4. The Bertz CT molecular complexity index is 597. The highest BCUT2D eigenvalue weighted by Gasteiger charge is 2.28. The van der Waals surface area contributed by atoms with Crippen LogP contribution in [0.1, 0.15) is 29.4 Å². The molecule has 1 unspecified atom stereocenters. The third kappa shape index (κ3) is 2.88. The third-order valence-corrected chi connectivity index (χ3v) is 4.39. The Labute approximate surface area is 122 Å². The minimum atomic E-state index is 0.207. The molecule has 0 radical (unpaired) electrons. The number of thiophene rings is 1. The van der Waals surface area contributed by atoms with Crippen molar-refractivity contribution in [3.63, 3.8) is 0 Å². The molecule has 1 aliphatic heterocycles. The molecular weight excluding hydrogens is 270 g/mol. The molecular formula is C15H17N3OS. The molecule has 0 bridgehead atoms. The molecule has 1 saturated heterocycles. The minimum absolute atomic E-state index is 0.207. The van der Waals surface area contributed by atoms with Crippen LogP contribution in [0.15, 0.2) is 29.1 Å². The lowest BCUT2D eigenvalue weighted by atomic mass is 10.1. The van der Waals surface area contributed by atoms with Crippen molar-refractivity contribution in [3.05, 3.63) is 46.2 Å². The number of likely N-dealkylation sites (tertiary alicyclic amines) is 1. The van der Waals surface area contributed by atoms with Gasteiger partial charge in [-0.25, -0.2) is 9.97 Å². The minimum Gasteiger partial charge on any atom is -0.342 e. The summed E-state index contributed by atoms with van der Waals surface area (Å²) in [6.07, 6.45) is 3.26. The summed E-state index contributed by atoms with van der Waals surface area (Å²) < 4.78 is 0. The van der Waals surface area contributed by atoms with Crippen LogP contribution in [0.4, 0.5) is 0 Å². The van der Waals surface area contributed by atoms with Gasteiger partial charge in [-0.15, -0.1) is 0 Å². The summed E-state index contributed by atoms with van der Waals surface area (Å²) in [7, 11) is 0. The summed E-state index contributed by atoms with van der Waals surface area (Å²) in [5.74, 6) is 1.36. The van der Waals surface area contributed by atoms with E-state index in [9.17, 15) is 4.79 Å². The van der Waals surface area contributed by atoms with Crippen molar-refractivity contribution >= 4 is 17.2 Å². The Morgan fingerprint density at radius 3 is 3.15 bits per heavy atom. The first-order valence-electron chi connectivity index (χ1n) is 6.81. The molecule has 1 amide bonds. The number of amides is 1. The monoisotopic (exact) mass is 287 g/mol. The van der Waals surface area contributed by atoms with Gasteiger partial charge in [0, 0.05) is 30.9 Å². The average molecular weight is 287 g/mol. The van der Waals surface area contributed by atoms with Gasteiger partial charge < -0.3 is 4.90 Å². The smallest absolute Gasteiger partial charge is 0.227 e. The summed E-state index contributed by atoms with van der Waals surface area (Å²) in [5, 5.41) is 4.05.